The summed E-state index contributed by atoms with van der Waals surface area (Å²) in [4.78, 5) is 29.7. The number of ketones is 1. The second-order valence-electron chi connectivity index (χ2n) is 6.36. The third-order valence-corrected chi connectivity index (χ3v) is 5.41. The Kier molecular flexibility index (Phi) is 6.79. The maximum atomic E-state index is 13.0. The first kappa shape index (κ1) is 21.4. The molecule has 3 aromatic rings. The van der Waals surface area contributed by atoms with Crippen LogP contribution in [-0.4, -0.2) is 42.4 Å². The van der Waals surface area contributed by atoms with Crippen LogP contribution in [0.25, 0.3) is 5.69 Å². The minimum Gasteiger partial charge on any atom is -0.495 e. The molecular formula is C22H22N2O5S. The standard InChI is InChI=1S/C22H22N2O5S/c1-14-5-7-18(27-2)16(11-14)24-10-9-23-21(22(24)26)30-13-17(25)15-6-8-19(28-3)20(12-15)29-4/h5-12H,13H2,1-4H3. The Morgan fingerprint density at radius 2 is 1.70 bits per heavy atom. The van der Waals surface area contributed by atoms with Crippen LogP contribution in [0.3, 0.4) is 0 Å². The summed E-state index contributed by atoms with van der Waals surface area (Å²) in [6.07, 6.45) is 3.12. The summed E-state index contributed by atoms with van der Waals surface area (Å²) in [5.41, 5.74) is 1.77. The number of carbonyl (C=O) groups excluding carboxylic acids is 1. The van der Waals surface area contributed by atoms with Gasteiger partial charge in [0.15, 0.2) is 22.3 Å². The fraction of sp³-hybridized carbons (Fsp3) is 0.227. The lowest BCUT2D eigenvalue weighted by molar-refractivity contribution is 0.102. The van der Waals surface area contributed by atoms with Gasteiger partial charge < -0.3 is 14.2 Å². The average molecular weight is 426 g/mol. The highest BCUT2D eigenvalue weighted by Gasteiger charge is 2.15. The summed E-state index contributed by atoms with van der Waals surface area (Å²) < 4.78 is 17.3. The van der Waals surface area contributed by atoms with Crippen molar-refractivity contribution in [1.82, 2.24) is 9.55 Å². The van der Waals surface area contributed by atoms with E-state index in [1.54, 1.807) is 31.5 Å². The fourth-order valence-electron chi connectivity index (χ4n) is 2.90. The highest BCUT2D eigenvalue weighted by molar-refractivity contribution is 7.99. The van der Waals surface area contributed by atoms with Crippen LogP contribution in [0.4, 0.5) is 0 Å². The van der Waals surface area contributed by atoms with Crippen molar-refractivity contribution < 1.29 is 19.0 Å². The van der Waals surface area contributed by atoms with E-state index >= 15 is 0 Å². The quantitative estimate of drug-likeness (QED) is 0.403. The number of hydrogen-bond acceptors (Lipinski definition) is 7. The van der Waals surface area contributed by atoms with Gasteiger partial charge >= 0.3 is 0 Å². The fourth-order valence-corrected chi connectivity index (χ4v) is 3.69. The van der Waals surface area contributed by atoms with E-state index in [4.69, 9.17) is 14.2 Å². The summed E-state index contributed by atoms with van der Waals surface area (Å²) in [6.45, 7) is 1.94. The van der Waals surface area contributed by atoms with Gasteiger partial charge in [0.2, 0.25) is 0 Å². The maximum Gasteiger partial charge on any atom is 0.287 e. The Bertz CT molecular complexity index is 1130. The van der Waals surface area contributed by atoms with E-state index in [0.29, 0.717) is 28.5 Å². The Hall–Kier alpha value is -3.26. The van der Waals surface area contributed by atoms with Crippen molar-refractivity contribution in [3.8, 4) is 22.9 Å². The van der Waals surface area contributed by atoms with E-state index in [1.165, 1.54) is 25.0 Å². The summed E-state index contributed by atoms with van der Waals surface area (Å²) in [6, 6.07) is 10.5. The molecular weight excluding hydrogens is 404 g/mol. The van der Waals surface area contributed by atoms with Crippen LogP contribution in [0.5, 0.6) is 17.2 Å². The van der Waals surface area contributed by atoms with E-state index in [9.17, 15) is 9.59 Å². The monoisotopic (exact) mass is 426 g/mol. The Morgan fingerprint density at radius 1 is 1.00 bits per heavy atom. The van der Waals surface area contributed by atoms with Gasteiger partial charge in [-0.15, -0.1) is 0 Å². The van der Waals surface area contributed by atoms with Gasteiger partial charge in [0.05, 0.1) is 32.8 Å². The number of aryl methyl sites for hydroxylation is 1. The van der Waals surface area contributed by atoms with E-state index in [-0.39, 0.29) is 22.1 Å². The van der Waals surface area contributed by atoms with Crippen LogP contribution in [-0.2, 0) is 0 Å². The smallest absolute Gasteiger partial charge is 0.287 e. The molecule has 0 saturated carbocycles. The lowest BCUT2D eigenvalue weighted by Gasteiger charge is -2.12. The normalized spacial score (nSPS) is 10.5. The SMILES string of the molecule is COc1ccc(C(=O)CSc2nccn(-c3cc(C)ccc3OC)c2=O)cc1OC. The highest BCUT2D eigenvalue weighted by atomic mass is 32.2. The van der Waals surface area contributed by atoms with Crippen molar-refractivity contribution in [3.05, 3.63) is 70.3 Å². The number of aromatic nitrogens is 2. The molecule has 0 aliphatic carbocycles. The van der Waals surface area contributed by atoms with Crippen LogP contribution in [0.2, 0.25) is 0 Å². The van der Waals surface area contributed by atoms with Crippen molar-refractivity contribution in [3.63, 3.8) is 0 Å². The molecule has 8 heteroatoms. The molecule has 0 radical (unpaired) electrons. The van der Waals surface area contributed by atoms with Crippen molar-refractivity contribution >= 4 is 17.5 Å². The van der Waals surface area contributed by atoms with Crippen LogP contribution >= 0.6 is 11.8 Å². The number of carbonyl (C=O) groups is 1. The van der Waals surface area contributed by atoms with Crippen molar-refractivity contribution in [2.45, 2.75) is 11.9 Å². The van der Waals surface area contributed by atoms with E-state index in [2.05, 4.69) is 4.98 Å². The Labute approximate surface area is 178 Å². The lowest BCUT2D eigenvalue weighted by Crippen LogP contribution is -2.21. The Morgan fingerprint density at radius 3 is 2.40 bits per heavy atom. The molecule has 0 fully saturated rings. The van der Waals surface area contributed by atoms with Gasteiger partial charge in [-0.2, -0.15) is 0 Å². The second kappa shape index (κ2) is 9.49. The van der Waals surface area contributed by atoms with E-state index in [0.717, 1.165) is 17.3 Å². The van der Waals surface area contributed by atoms with Gasteiger partial charge in [0.25, 0.3) is 5.56 Å². The molecule has 0 atom stereocenters. The molecule has 3 rings (SSSR count). The van der Waals surface area contributed by atoms with Gasteiger partial charge in [0, 0.05) is 18.0 Å². The molecule has 0 bridgehead atoms. The molecule has 1 aromatic heterocycles. The predicted octanol–water partition coefficient (Wildman–Crippen LogP) is 3.54. The predicted molar refractivity (Wildman–Crippen MR) is 116 cm³/mol. The highest BCUT2D eigenvalue weighted by Crippen LogP contribution is 2.28. The maximum absolute atomic E-state index is 13.0. The van der Waals surface area contributed by atoms with Gasteiger partial charge in [-0.3, -0.25) is 14.2 Å². The minimum absolute atomic E-state index is 0.0622. The number of rotatable bonds is 8. The summed E-state index contributed by atoms with van der Waals surface area (Å²) >= 11 is 1.09. The number of thioether (sulfide) groups is 1. The summed E-state index contributed by atoms with van der Waals surface area (Å²) in [7, 11) is 4.60. The molecule has 7 nitrogen and oxygen atoms in total. The zero-order chi connectivity index (χ0) is 21.7. The number of nitrogens with zero attached hydrogens (tertiary/aromatic N) is 2. The van der Waals surface area contributed by atoms with Crippen molar-refractivity contribution in [2.75, 3.05) is 27.1 Å². The lowest BCUT2D eigenvalue weighted by atomic mass is 10.1. The molecule has 0 unspecified atom stereocenters. The first-order valence-corrected chi connectivity index (χ1v) is 10.1. The average Bonchev–Trinajstić information content (AvgIpc) is 2.77. The summed E-state index contributed by atoms with van der Waals surface area (Å²) in [5.74, 6) is 1.51. The topological polar surface area (TPSA) is 79.6 Å². The van der Waals surface area contributed by atoms with Crippen molar-refractivity contribution in [2.24, 2.45) is 0 Å². The zero-order valence-corrected chi connectivity index (χ0v) is 18.0. The van der Waals surface area contributed by atoms with E-state index < -0.39 is 0 Å². The van der Waals surface area contributed by atoms with Crippen LogP contribution in [0.1, 0.15) is 15.9 Å². The molecule has 2 aromatic carbocycles. The van der Waals surface area contributed by atoms with Crippen molar-refractivity contribution in [1.29, 1.82) is 0 Å². The number of methoxy groups -OCH3 is 3. The molecule has 0 aliphatic rings. The third kappa shape index (κ3) is 4.49. The number of Topliss-reactive ketones (excluding diaryl/α,β-unsaturated/α-hetero) is 1. The molecule has 156 valence electrons. The van der Waals surface area contributed by atoms with E-state index in [1.807, 2.05) is 25.1 Å². The largest absolute Gasteiger partial charge is 0.495 e. The molecule has 0 saturated heterocycles. The molecule has 0 amide bonds. The molecule has 1 heterocycles. The van der Waals surface area contributed by atoms with Crippen LogP contribution in [0.15, 0.2) is 58.6 Å². The third-order valence-electron chi connectivity index (χ3n) is 4.45. The van der Waals surface area contributed by atoms with Gasteiger partial charge in [-0.05, 0) is 42.8 Å². The number of benzene rings is 2. The second-order valence-corrected chi connectivity index (χ2v) is 7.33. The zero-order valence-electron chi connectivity index (χ0n) is 17.2. The Balaban J connectivity index is 1.84. The minimum atomic E-state index is -0.313. The van der Waals surface area contributed by atoms with Crippen LogP contribution in [0, 0.1) is 6.92 Å². The van der Waals surface area contributed by atoms with Gasteiger partial charge in [-0.1, -0.05) is 17.8 Å². The molecule has 0 aliphatic heterocycles. The first-order valence-electron chi connectivity index (χ1n) is 9.09. The molecule has 30 heavy (non-hydrogen) atoms. The van der Waals surface area contributed by atoms with Gasteiger partial charge in [-0.25, -0.2) is 4.98 Å². The summed E-state index contributed by atoms with van der Waals surface area (Å²) in [5, 5.41) is 0.231. The molecule has 0 spiro atoms. The number of ether oxygens (including phenoxy) is 3. The van der Waals surface area contributed by atoms with Gasteiger partial charge in [0.1, 0.15) is 5.75 Å². The van der Waals surface area contributed by atoms with Crippen LogP contribution < -0.4 is 19.8 Å². The molecule has 0 N–H and O–H groups in total. The first-order chi connectivity index (χ1) is 14.5. The number of hydrogen-bond donors (Lipinski definition) is 0.